The number of nitrogens with one attached hydrogen (secondary N) is 1. The van der Waals surface area contributed by atoms with Crippen LogP contribution >= 0.6 is 0 Å². The van der Waals surface area contributed by atoms with Gasteiger partial charge >= 0.3 is 5.82 Å². The lowest BCUT2D eigenvalue weighted by molar-refractivity contribution is -0.391. The normalized spacial score (nSPS) is 23.4. The summed E-state index contributed by atoms with van der Waals surface area (Å²) in [5, 5.41) is 18.8. The summed E-state index contributed by atoms with van der Waals surface area (Å²) >= 11 is 0. The van der Waals surface area contributed by atoms with E-state index in [1.165, 1.54) is 23.6 Å². The maximum Gasteiger partial charge on any atom is 0.368 e. The van der Waals surface area contributed by atoms with E-state index in [9.17, 15) is 10.1 Å². The Balaban J connectivity index is 1.55. The van der Waals surface area contributed by atoms with Crippen molar-refractivity contribution in [3.8, 4) is 0 Å². The average Bonchev–Trinajstić information content (AvgIpc) is 3.14. The van der Waals surface area contributed by atoms with E-state index in [0.717, 1.165) is 32.3 Å². The molecule has 2 fully saturated rings. The Kier molecular flexibility index (Phi) is 3.41. The Morgan fingerprint density at radius 2 is 2.22 bits per heavy atom. The van der Waals surface area contributed by atoms with Crippen LogP contribution in [0.15, 0.2) is 18.3 Å². The fraction of sp³-hybridized carbons (Fsp3) is 0.600. The molecule has 3 heterocycles. The summed E-state index contributed by atoms with van der Waals surface area (Å²) in [5.74, 6) is 0.515. The Morgan fingerprint density at radius 1 is 1.39 bits per heavy atom. The van der Waals surface area contributed by atoms with Crippen molar-refractivity contribution in [3.05, 3.63) is 28.4 Å². The summed E-state index contributed by atoms with van der Waals surface area (Å²) in [6, 6.07) is 3.85. The van der Waals surface area contributed by atoms with Crippen molar-refractivity contribution in [2.24, 2.45) is 0 Å². The maximum absolute atomic E-state index is 11.0. The zero-order valence-corrected chi connectivity index (χ0v) is 12.8. The first-order valence-electron chi connectivity index (χ1n) is 8.05. The van der Waals surface area contributed by atoms with E-state index < -0.39 is 4.92 Å². The fourth-order valence-corrected chi connectivity index (χ4v) is 3.79. The second-order valence-corrected chi connectivity index (χ2v) is 6.43. The van der Waals surface area contributed by atoms with E-state index in [2.05, 4.69) is 15.4 Å². The number of rotatable bonds is 3. The van der Waals surface area contributed by atoms with Crippen molar-refractivity contribution in [2.75, 3.05) is 11.9 Å². The number of aromatic nitrogens is 3. The molecule has 8 heteroatoms. The fourth-order valence-electron chi connectivity index (χ4n) is 3.79. The number of nitrogens with zero attached hydrogens (tertiary/aromatic N) is 4. The zero-order chi connectivity index (χ0) is 15.9. The van der Waals surface area contributed by atoms with Gasteiger partial charge in [-0.1, -0.05) is 22.5 Å². The first kappa shape index (κ1) is 14.4. The van der Waals surface area contributed by atoms with Crippen molar-refractivity contribution in [1.29, 1.82) is 0 Å². The average molecular weight is 317 g/mol. The van der Waals surface area contributed by atoms with Crippen LogP contribution in [0.25, 0.3) is 5.65 Å². The molecule has 8 nitrogen and oxygen atoms in total. The van der Waals surface area contributed by atoms with E-state index in [1.54, 1.807) is 6.07 Å². The molecule has 1 saturated carbocycles. The summed E-state index contributed by atoms with van der Waals surface area (Å²) in [4.78, 5) is 14.5. The molecular formula is C15H19N5O3. The van der Waals surface area contributed by atoms with Gasteiger partial charge in [0.15, 0.2) is 5.82 Å². The standard InChI is InChI=1S/C15H19N5O3/c21-20(22)14-10-16-13-4-3-12(18-19(13)14)17-11-5-8-23-15(9-11)6-1-2-7-15/h3-4,10-11H,1-2,5-9H2,(H,17,18). The third kappa shape index (κ3) is 2.63. The van der Waals surface area contributed by atoms with Gasteiger partial charge in [-0.2, -0.15) is 0 Å². The van der Waals surface area contributed by atoms with Gasteiger partial charge < -0.3 is 20.2 Å². The number of ether oxygens (including phenoxy) is 1. The summed E-state index contributed by atoms with van der Waals surface area (Å²) in [6.07, 6.45) is 7.85. The zero-order valence-electron chi connectivity index (χ0n) is 12.8. The molecular weight excluding hydrogens is 298 g/mol. The number of fused-ring (bicyclic) bond motifs is 1. The van der Waals surface area contributed by atoms with Crippen LogP contribution < -0.4 is 5.32 Å². The predicted octanol–water partition coefficient (Wildman–Crippen LogP) is 2.54. The van der Waals surface area contributed by atoms with Gasteiger partial charge in [-0.05, 0) is 36.7 Å². The molecule has 0 radical (unpaired) electrons. The van der Waals surface area contributed by atoms with Gasteiger partial charge in [0.05, 0.1) is 5.60 Å². The van der Waals surface area contributed by atoms with Crippen LogP contribution in [0.1, 0.15) is 38.5 Å². The number of nitro groups is 1. The minimum atomic E-state index is -0.473. The van der Waals surface area contributed by atoms with Crippen LogP contribution in [0.2, 0.25) is 0 Å². The number of anilines is 1. The van der Waals surface area contributed by atoms with Gasteiger partial charge in [0.25, 0.3) is 0 Å². The van der Waals surface area contributed by atoms with Gasteiger partial charge in [0, 0.05) is 18.7 Å². The quantitative estimate of drug-likeness (QED) is 0.690. The SMILES string of the molecule is O=[N+]([O-])c1cnc2ccc(NC3CCOC4(CCCC4)C3)nn12. The van der Waals surface area contributed by atoms with Gasteiger partial charge in [0.2, 0.25) is 5.65 Å². The second-order valence-electron chi connectivity index (χ2n) is 6.43. The van der Waals surface area contributed by atoms with Crippen LogP contribution in [0.3, 0.4) is 0 Å². The first-order valence-corrected chi connectivity index (χ1v) is 8.05. The number of imidazole rings is 1. The summed E-state index contributed by atoms with van der Waals surface area (Å²) in [5.41, 5.74) is 0.502. The molecule has 0 aromatic carbocycles. The van der Waals surface area contributed by atoms with Crippen LogP contribution in [0.4, 0.5) is 11.6 Å². The predicted molar refractivity (Wildman–Crippen MR) is 83.4 cm³/mol. The molecule has 1 aliphatic heterocycles. The molecule has 2 aromatic rings. The topological polar surface area (TPSA) is 94.6 Å². The maximum atomic E-state index is 11.0. The van der Waals surface area contributed by atoms with E-state index in [1.807, 2.05) is 6.07 Å². The van der Waals surface area contributed by atoms with Crippen molar-refractivity contribution in [1.82, 2.24) is 14.6 Å². The van der Waals surface area contributed by atoms with E-state index >= 15 is 0 Å². The van der Waals surface area contributed by atoms with E-state index in [4.69, 9.17) is 4.74 Å². The number of hydrogen-bond acceptors (Lipinski definition) is 6. The van der Waals surface area contributed by atoms with Crippen molar-refractivity contribution < 1.29 is 9.66 Å². The first-order chi connectivity index (χ1) is 11.2. The van der Waals surface area contributed by atoms with E-state index in [-0.39, 0.29) is 17.5 Å². The molecule has 2 aromatic heterocycles. The van der Waals surface area contributed by atoms with Crippen molar-refractivity contribution in [2.45, 2.75) is 50.2 Å². The molecule has 0 amide bonds. The van der Waals surface area contributed by atoms with Crippen LogP contribution in [0.5, 0.6) is 0 Å². The molecule has 1 atom stereocenters. The highest BCUT2D eigenvalue weighted by Gasteiger charge is 2.40. The minimum Gasteiger partial charge on any atom is -0.375 e. The third-order valence-corrected chi connectivity index (χ3v) is 4.89. The second kappa shape index (κ2) is 5.45. The highest BCUT2D eigenvalue weighted by atomic mass is 16.6. The minimum absolute atomic E-state index is 0.0288. The monoisotopic (exact) mass is 317 g/mol. The lowest BCUT2D eigenvalue weighted by atomic mass is 9.89. The Morgan fingerprint density at radius 3 is 3.00 bits per heavy atom. The molecule has 23 heavy (non-hydrogen) atoms. The summed E-state index contributed by atoms with van der Waals surface area (Å²) < 4.78 is 7.31. The molecule has 0 bridgehead atoms. The lowest BCUT2D eigenvalue weighted by Crippen LogP contribution is -2.42. The molecule has 2 aliphatic rings. The summed E-state index contributed by atoms with van der Waals surface area (Å²) in [7, 11) is 0. The Hall–Kier alpha value is -2.22. The molecule has 1 spiro atoms. The largest absolute Gasteiger partial charge is 0.375 e. The highest BCUT2D eigenvalue weighted by molar-refractivity contribution is 5.48. The van der Waals surface area contributed by atoms with Gasteiger partial charge in [-0.25, -0.2) is 4.98 Å². The van der Waals surface area contributed by atoms with Gasteiger partial charge in [-0.15, -0.1) is 0 Å². The molecule has 122 valence electrons. The van der Waals surface area contributed by atoms with Gasteiger partial charge in [-0.3, -0.25) is 0 Å². The number of hydrogen-bond donors (Lipinski definition) is 1. The van der Waals surface area contributed by atoms with Crippen LogP contribution in [0, 0.1) is 10.1 Å². The van der Waals surface area contributed by atoms with Gasteiger partial charge in [0.1, 0.15) is 6.20 Å². The molecule has 4 rings (SSSR count). The Bertz CT molecular complexity index is 738. The van der Waals surface area contributed by atoms with E-state index in [0.29, 0.717) is 11.5 Å². The lowest BCUT2D eigenvalue weighted by Gasteiger charge is -2.38. The van der Waals surface area contributed by atoms with Crippen molar-refractivity contribution >= 4 is 17.3 Å². The summed E-state index contributed by atoms with van der Waals surface area (Å²) in [6.45, 7) is 0.755. The van der Waals surface area contributed by atoms with Crippen LogP contribution in [-0.4, -0.2) is 37.8 Å². The third-order valence-electron chi connectivity index (χ3n) is 4.89. The molecule has 1 saturated heterocycles. The highest BCUT2D eigenvalue weighted by Crippen LogP contribution is 2.40. The molecule has 1 aliphatic carbocycles. The Labute approximate surface area is 133 Å². The molecule has 1 unspecified atom stereocenters. The van der Waals surface area contributed by atoms with Crippen LogP contribution in [-0.2, 0) is 4.74 Å². The van der Waals surface area contributed by atoms with Crippen molar-refractivity contribution in [3.63, 3.8) is 0 Å². The molecule has 1 N–H and O–H groups in total. The smallest absolute Gasteiger partial charge is 0.368 e.